The van der Waals surface area contributed by atoms with Crippen molar-refractivity contribution in [3.63, 3.8) is 0 Å². The fraction of sp³-hybridized carbons (Fsp3) is 0.385. The molecule has 1 N–H and O–H groups in total. The molecule has 4 heteroatoms. The van der Waals surface area contributed by atoms with Gasteiger partial charge in [-0.25, -0.2) is 4.79 Å². The van der Waals surface area contributed by atoms with Gasteiger partial charge >= 0.3 is 11.9 Å². The first kappa shape index (κ1) is 11.6. The van der Waals surface area contributed by atoms with E-state index in [2.05, 4.69) is 0 Å². The zero-order valence-corrected chi connectivity index (χ0v) is 9.60. The molecule has 0 spiro atoms. The summed E-state index contributed by atoms with van der Waals surface area (Å²) in [5.74, 6) is -1.19. The van der Waals surface area contributed by atoms with Crippen molar-refractivity contribution in [3.8, 4) is 0 Å². The lowest BCUT2D eigenvalue weighted by atomic mass is 9.64. The SMILES string of the molecule is COC(=O)C1(c2ccc(C(=O)O)cc2)CCC1. The monoisotopic (exact) mass is 234 g/mol. The molecule has 0 atom stereocenters. The van der Waals surface area contributed by atoms with Gasteiger partial charge in [-0.15, -0.1) is 0 Å². The van der Waals surface area contributed by atoms with Crippen molar-refractivity contribution in [2.45, 2.75) is 24.7 Å². The van der Waals surface area contributed by atoms with Crippen LogP contribution in [0.15, 0.2) is 24.3 Å². The summed E-state index contributed by atoms with van der Waals surface area (Å²) >= 11 is 0. The fourth-order valence-electron chi connectivity index (χ4n) is 2.27. The van der Waals surface area contributed by atoms with Gasteiger partial charge < -0.3 is 9.84 Å². The first-order chi connectivity index (χ1) is 8.10. The minimum absolute atomic E-state index is 0.230. The average Bonchev–Trinajstić information content (AvgIpc) is 2.28. The van der Waals surface area contributed by atoms with Crippen molar-refractivity contribution >= 4 is 11.9 Å². The van der Waals surface area contributed by atoms with E-state index in [1.54, 1.807) is 12.1 Å². The molecule has 1 saturated carbocycles. The summed E-state index contributed by atoms with van der Waals surface area (Å²) in [7, 11) is 1.38. The predicted molar refractivity (Wildman–Crippen MR) is 60.9 cm³/mol. The molecular weight excluding hydrogens is 220 g/mol. The van der Waals surface area contributed by atoms with Gasteiger partial charge in [-0.2, -0.15) is 0 Å². The van der Waals surface area contributed by atoms with Gasteiger partial charge in [0.2, 0.25) is 0 Å². The maximum Gasteiger partial charge on any atom is 0.335 e. The summed E-state index contributed by atoms with van der Waals surface area (Å²) in [4.78, 5) is 22.5. The van der Waals surface area contributed by atoms with Gasteiger partial charge in [0.1, 0.15) is 0 Å². The Morgan fingerprint density at radius 3 is 2.18 bits per heavy atom. The van der Waals surface area contributed by atoms with Crippen LogP contribution in [0.3, 0.4) is 0 Å². The third kappa shape index (κ3) is 1.79. The number of carbonyl (C=O) groups excluding carboxylic acids is 1. The number of carboxylic acids is 1. The molecule has 1 aliphatic carbocycles. The lowest BCUT2D eigenvalue weighted by Gasteiger charge is -2.39. The zero-order chi connectivity index (χ0) is 12.5. The number of carbonyl (C=O) groups is 2. The smallest absolute Gasteiger partial charge is 0.335 e. The second kappa shape index (κ2) is 4.20. The molecule has 0 unspecified atom stereocenters. The summed E-state index contributed by atoms with van der Waals surface area (Å²) in [5.41, 5.74) is 0.528. The van der Waals surface area contributed by atoms with Crippen LogP contribution in [0.2, 0.25) is 0 Å². The van der Waals surface area contributed by atoms with E-state index in [1.165, 1.54) is 19.2 Å². The molecule has 0 amide bonds. The maximum absolute atomic E-state index is 11.8. The Hall–Kier alpha value is -1.84. The number of benzene rings is 1. The minimum Gasteiger partial charge on any atom is -0.478 e. The number of carboxylic acid groups (broad SMARTS) is 1. The van der Waals surface area contributed by atoms with Crippen LogP contribution in [0.5, 0.6) is 0 Å². The Morgan fingerprint density at radius 2 is 1.82 bits per heavy atom. The second-order valence-corrected chi connectivity index (χ2v) is 4.31. The average molecular weight is 234 g/mol. The first-order valence-corrected chi connectivity index (χ1v) is 5.52. The Bertz CT molecular complexity index is 443. The van der Waals surface area contributed by atoms with Gasteiger partial charge in [-0.1, -0.05) is 18.6 Å². The highest BCUT2D eigenvalue weighted by Gasteiger charge is 2.46. The van der Waals surface area contributed by atoms with Gasteiger partial charge in [-0.3, -0.25) is 4.79 Å². The molecule has 90 valence electrons. The number of hydrogen-bond donors (Lipinski definition) is 1. The number of esters is 1. The molecule has 0 radical (unpaired) electrons. The Labute approximate surface area is 99.2 Å². The van der Waals surface area contributed by atoms with E-state index in [0.717, 1.165) is 24.8 Å². The highest BCUT2D eigenvalue weighted by atomic mass is 16.5. The quantitative estimate of drug-likeness (QED) is 0.812. The Morgan fingerprint density at radius 1 is 1.24 bits per heavy atom. The van der Waals surface area contributed by atoms with E-state index in [4.69, 9.17) is 9.84 Å². The van der Waals surface area contributed by atoms with Gasteiger partial charge in [0.25, 0.3) is 0 Å². The Kier molecular flexibility index (Phi) is 2.88. The fourth-order valence-corrected chi connectivity index (χ4v) is 2.27. The molecule has 0 aromatic heterocycles. The lowest BCUT2D eigenvalue weighted by Crippen LogP contribution is -2.43. The summed E-state index contributed by atoms with van der Waals surface area (Å²) in [6.45, 7) is 0. The van der Waals surface area contributed by atoms with E-state index < -0.39 is 11.4 Å². The molecule has 0 aliphatic heterocycles. The van der Waals surface area contributed by atoms with Crippen molar-refractivity contribution in [2.24, 2.45) is 0 Å². The van der Waals surface area contributed by atoms with Gasteiger partial charge in [0, 0.05) is 0 Å². The normalized spacial score (nSPS) is 17.0. The molecule has 0 saturated heterocycles. The molecule has 0 heterocycles. The predicted octanol–water partition coefficient (Wildman–Crippen LogP) is 1.98. The highest BCUT2D eigenvalue weighted by Crippen LogP contribution is 2.44. The van der Waals surface area contributed by atoms with Crippen LogP contribution in [-0.4, -0.2) is 24.2 Å². The standard InChI is InChI=1S/C13H14O4/c1-17-12(16)13(7-2-8-13)10-5-3-9(4-6-10)11(14)15/h3-6H,2,7-8H2,1H3,(H,14,15). The third-order valence-corrected chi connectivity index (χ3v) is 3.47. The number of hydrogen-bond acceptors (Lipinski definition) is 3. The van der Waals surface area contributed by atoms with Crippen LogP contribution in [-0.2, 0) is 14.9 Å². The van der Waals surface area contributed by atoms with E-state index in [0.29, 0.717) is 0 Å². The van der Waals surface area contributed by atoms with Crippen LogP contribution in [0.1, 0.15) is 35.2 Å². The summed E-state index contributed by atoms with van der Waals surface area (Å²) in [6, 6.07) is 6.47. The van der Waals surface area contributed by atoms with Crippen molar-refractivity contribution in [3.05, 3.63) is 35.4 Å². The molecule has 1 aromatic rings. The largest absolute Gasteiger partial charge is 0.478 e. The van der Waals surface area contributed by atoms with Crippen molar-refractivity contribution in [1.29, 1.82) is 0 Å². The maximum atomic E-state index is 11.8. The van der Waals surface area contributed by atoms with E-state index in [9.17, 15) is 9.59 Å². The molecule has 1 aromatic carbocycles. The van der Waals surface area contributed by atoms with Crippen LogP contribution < -0.4 is 0 Å². The van der Waals surface area contributed by atoms with Gasteiger partial charge in [0.05, 0.1) is 18.1 Å². The minimum atomic E-state index is -0.961. The van der Waals surface area contributed by atoms with Crippen LogP contribution in [0.25, 0.3) is 0 Å². The summed E-state index contributed by atoms with van der Waals surface area (Å²) in [5, 5.41) is 8.81. The Balaban J connectivity index is 2.32. The highest BCUT2D eigenvalue weighted by molar-refractivity contribution is 5.88. The first-order valence-electron chi connectivity index (χ1n) is 5.52. The molecule has 4 nitrogen and oxygen atoms in total. The topological polar surface area (TPSA) is 63.6 Å². The van der Waals surface area contributed by atoms with Crippen molar-refractivity contribution in [1.82, 2.24) is 0 Å². The summed E-state index contributed by atoms with van der Waals surface area (Å²) in [6.07, 6.45) is 2.54. The summed E-state index contributed by atoms with van der Waals surface area (Å²) < 4.78 is 4.83. The molecule has 1 fully saturated rings. The number of methoxy groups -OCH3 is 1. The molecule has 17 heavy (non-hydrogen) atoms. The third-order valence-electron chi connectivity index (χ3n) is 3.47. The molecular formula is C13H14O4. The lowest BCUT2D eigenvalue weighted by molar-refractivity contribution is -0.151. The van der Waals surface area contributed by atoms with Gasteiger partial charge in [-0.05, 0) is 30.5 Å². The van der Waals surface area contributed by atoms with E-state index in [-0.39, 0.29) is 11.5 Å². The van der Waals surface area contributed by atoms with Crippen LogP contribution >= 0.6 is 0 Å². The molecule has 1 aliphatic rings. The molecule has 2 rings (SSSR count). The molecule has 0 bridgehead atoms. The van der Waals surface area contributed by atoms with Crippen molar-refractivity contribution < 1.29 is 19.4 Å². The van der Waals surface area contributed by atoms with Crippen molar-refractivity contribution in [2.75, 3.05) is 7.11 Å². The second-order valence-electron chi connectivity index (χ2n) is 4.31. The van der Waals surface area contributed by atoms with E-state index in [1.807, 2.05) is 0 Å². The van der Waals surface area contributed by atoms with Crippen LogP contribution in [0.4, 0.5) is 0 Å². The number of rotatable bonds is 3. The number of ether oxygens (including phenoxy) is 1. The van der Waals surface area contributed by atoms with E-state index >= 15 is 0 Å². The number of aromatic carboxylic acids is 1. The van der Waals surface area contributed by atoms with Gasteiger partial charge in [0.15, 0.2) is 0 Å². The zero-order valence-electron chi connectivity index (χ0n) is 9.60. The van der Waals surface area contributed by atoms with Crippen LogP contribution in [0, 0.1) is 0 Å².